The topological polar surface area (TPSA) is 57.7 Å². The highest BCUT2D eigenvalue weighted by Gasteiger charge is 2.41. The molecule has 0 aliphatic carbocycles. The number of pyridine rings is 1. The van der Waals surface area contributed by atoms with Crippen LogP contribution in [0.3, 0.4) is 0 Å². The maximum absolute atomic E-state index is 12.7. The molecule has 5 nitrogen and oxygen atoms in total. The van der Waals surface area contributed by atoms with Crippen molar-refractivity contribution >= 4 is 5.78 Å². The molecule has 0 atom stereocenters. The highest BCUT2D eigenvalue weighted by molar-refractivity contribution is 6.02. The third-order valence-corrected chi connectivity index (χ3v) is 3.35. The lowest BCUT2D eigenvalue weighted by atomic mass is 9.86. The van der Waals surface area contributed by atoms with Gasteiger partial charge < -0.3 is 14.2 Å². The number of nitrogens with zero attached hydrogens (tertiary/aromatic N) is 1. The van der Waals surface area contributed by atoms with E-state index in [2.05, 4.69) is 4.98 Å². The van der Waals surface area contributed by atoms with Gasteiger partial charge in [-0.1, -0.05) is 0 Å². The predicted octanol–water partition coefficient (Wildman–Crippen LogP) is 1.86. The zero-order valence-electron chi connectivity index (χ0n) is 11.3. The third-order valence-electron chi connectivity index (χ3n) is 3.35. The van der Waals surface area contributed by atoms with Crippen LogP contribution in [0.5, 0.6) is 5.75 Å². The van der Waals surface area contributed by atoms with E-state index >= 15 is 0 Å². The van der Waals surface area contributed by atoms with E-state index < -0.39 is 5.60 Å². The summed E-state index contributed by atoms with van der Waals surface area (Å²) >= 11 is 0. The zero-order valence-corrected chi connectivity index (χ0v) is 11.3. The number of ether oxygens (including phenoxy) is 3. The van der Waals surface area contributed by atoms with Crippen molar-refractivity contribution in [2.24, 2.45) is 0 Å². The summed E-state index contributed by atoms with van der Waals surface area (Å²) < 4.78 is 16.2. The van der Waals surface area contributed by atoms with Gasteiger partial charge in [-0.3, -0.25) is 9.78 Å². The first-order chi connectivity index (χ1) is 9.22. The Kier molecular flexibility index (Phi) is 4.50. The van der Waals surface area contributed by atoms with Crippen molar-refractivity contribution in [3.05, 3.63) is 24.0 Å². The van der Waals surface area contributed by atoms with Gasteiger partial charge in [-0.25, -0.2) is 0 Å². The maximum Gasteiger partial charge on any atom is 0.196 e. The van der Waals surface area contributed by atoms with Gasteiger partial charge in [0.15, 0.2) is 5.78 Å². The SMILES string of the molecule is CCOC1(C(=O)c2cncc(OC)c2)CCOCC1. The molecule has 1 aliphatic heterocycles. The summed E-state index contributed by atoms with van der Waals surface area (Å²) in [6.07, 6.45) is 4.29. The van der Waals surface area contributed by atoms with Crippen LogP contribution in [0.15, 0.2) is 18.5 Å². The highest BCUT2D eigenvalue weighted by atomic mass is 16.5. The molecule has 0 aromatic carbocycles. The molecule has 1 saturated heterocycles. The van der Waals surface area contributed by atoms with E-state index in [1.807, 2.05) is 6.92 Å². The molecule has 1 aromatic heterocycles. The lowest BCUT2D eigenvalue weighted by Gasteiger charge is -2.35. The molecule has 5 heteroatoms. The number of hydrogen-bond acceptors (Lipinski definition) is 5. The van der Waals surface area contributed by atoms with Gasteiger partial charge in [-0.05, 0) is 13.0 Å². The fourth-order valence-corrected chi connectivity index (χ4v) is 2.33. The van der Waals surface area contributed by atoms with Crippen molar-refractivity contribution in [3.8, 4) is 5.75 Å². The van der Waals surface area contributed by atoms with Gasteiger partial charge in [0.05, 0.1) is 13.3 Å². The number of aromatic nitrogens is 1. The van der Waals surface area contributed by atoms with Crippen molar-refractivity contribution in [1.82, 2.24) is 4.98 Å². The van der Waals surface area contributed by atoms with Crippen LogP contribution in [0.1, 0.15) is 30.1 Å². The van der Waals surface area contributed by atoms with E-state index in [4.69, 9.17) is 14.2 Å². The lowest BCUT2D eigenvalue weighted by molar-refractivity contribution is -0.0822. The second-order valence-electron chi connectivity index (χ2n) is 4.48. The minimum atomic E-state index is -0.777. The smallest absolute Gasteiger partial charge is 0.196 e. The summed E-state index contributed by atoms with van der Waals surface area (Å²) in [6, 6.07) is 1.70. The van der Waals surface area contributed by atoms with Crippen LogP contribution in [0.4, 0.5) is 0 Å². The number of methoxy groups -OCH3 is 1. The Balaban J connectivity index is 2.27. The summed E-state index contributed by atoms with van der Waals surface area (Å²) in [5.41, 5.74) is -0.254. The van der Waals surface area contributed by atoms with Crippen molar-refractivity contribution in [1.29, 1.82) is 0 Å². The Morgan fingerprint density at radius 2 is 2.16 bits per heavy atom. The summed E-state index contributed by atoms with van der Waals surface area (Å²) in [5.74, 6) is 0.536. The molecule has 0 unspecified atom stereocenters. The number of Topliss-reactive ketones (excluding diaryl/α,β-unsaturated/α-hetero) is 1. The summed E-state index contributed by atoms with van der Waals surface area (Å²) in [7, 11) is 1.55. The fraction of sp³-hybridized carbons (Fsp3) is 0.571. The van der Waals surface area contributed by atoms with E-state index in [9.17, 15) is 4.79 Å². The molecule has 0 spiro atoms. The van der Waals surface area contributed by atoms with E-state index in [0.29, 0.717) is 44.0 Å². The number of carbonyl (C=O) groups is 1. The number of ketones is 1. The van der Waals surface area contributed by atoms with Gasteiger partial charge in [0.25, 0.3) is 0 Å². The Bertz CT molecular complexity index is 435. The summed E-state index contributed by atoms with van der Waals surface area (Å²) in [4.78, 5) is 16.7. The summed E-state index contributed by atoms with van der Waals surface area (Å²) in [6.45, 7) is 3.49. The maximum atomic E-state index is 12.7. The van der Waals surface area contributed by atoms with Crippen LogP contribution in [-0.4, -0.2) is 43.3 Å². The Morgan fingerprint density at radius 1 is 1.42 bits per heavy atom. The molecule has 0 N–H and O–H groups in total. The monoisotopic (exact) mass is 265 g/mol. The quantitative estimate of drug-likeness (QED) is 0.760. The molecule has 2 rings (SSSR count). The second kappa shape index (κ2) is 6.12. The Labute approximate surface area is 112 Å². The van der Waals surface area contributed by atoms with Crippen molar-refractivity contribution in [2.45, 2.75) is 25.4 Å². The van der Waals surface area contributed by atoms with Crippen molar-refractivity contribution in [3.63, 3.8) is 0 Å². The molecule has 1 aliphatic rings. The van der Waals surface area contributed by atoms with Gasteiger partial charge in [-0.2, -0.15) is 0 Å². The van der Waals surface area contributed by atoms with Gasteiger partial charge in [0.1, 0.15) is 11.4 Å². The van der Waals surface area contributed by atoms with Gasteiger partial charge >= 0.3 is 0 Å². The van der Waals surface area contributed by atoms with E-state index in [1.165, 1.54) is 0 Å². The molecular weight excluding hydrogens is 246 g/mol. The number of hydrogen-bond donors (Lipinski definition) is 0. The molecule has 104 valence electrons. The van der Waals surface area contributed by atoms with Crippen LogP contribution < -0.4 is 4.74 Å². The van der Waals surface area contributed by atoms with Crippen molar-refractivity contribution < 1.29 is 19.0 Å². The molecule has 0 amide bonds. The standard InChI is InChI=1S/C14H19NO4/c1-3-19-14(4-6-18-7-5-14)13(16)11-8-12(17-2)10-15-9-11/h8-10H,3-7H2,1-2H3. The Hall–Kier alpha value is -1.46. The predicted molar refractivity (Wildman–Crippen MR) is 69.5 cm³/mol. The first-order valence-electron chi connectivity index (χ1n) is 6.47. The summed E-state index contributed by atoms with van der Waals surface area (Å²) in [5, 5.41) is 0. The highest BCUT2D eigenvalue weighted by Crippen LogP contribution is 2.30. The lowest BCUT2D eigenvalue weighted by Crippen LogP contribution is -2.46. The second-order valence-corrected chi connectivity index (χ2v) is 4.48. The number of carbonyl (C=O) groups excluding carboxylic acids is 1. The van der Waals surface area contributed by atoms with Crippen molar-refractivity contribution in [2.75, 3.05) is 26.9 Å². The number of rotatable bonds is 5. The average molecular weight is 265 g/mol. The third kappa shape index (κ3) is 2.93. The van der Waals surface area contributed by atoms with Crippen LogP contribution in [-0.2, 0) is 9.47 Å². The minimum absolute atomic E-state index is 0.0379. The van der Waals surface area contributed by atoms with Gasteiger partial charge in [0, 0.05) is 44.4 Å². The molecule has 1 fully saturated rings. The minimum Gasteiger partial charge on any atom is -0.495 e. The fourth-order valence-electron chi connectivity index (χ4n) is 2.33. The Morgan fingerprint density at radius 3 is 2.79 bits per heavy atom. The molecule has 2 heterocycles. The van der Waals surface area contributed by atoms with Gasteiger partial charge in [-0.15, -0.1) is 0 Å². The molecule has 0 radical (unpaired) electrons. The van der Waals surface area contributed by atoms with E-state index in [1.54, 1.807) is 25.6 Å². The molecule has 0 saturated carbocycles. The first-order valence-corrected chi connectivity index (χ1v) is 6.47. The first kappa shape index (κ1) is 14.0. The molecule has 1 aromatic rings. The average Bonchev–Trinajstić information content (AvgIpc) is 2.48. The molecule has 19 heavy (non-hydrogen) atoms. The van der Waals surface area contributed by atoms with Gasteiger partial charge in [0.2, 0.25) is 0 Å². The van der Waals surface area contributed by atoms with E-state index in [-0.39, 0.29) is 5.78 Å². The van der Waals surface area contributed by atoms with E-state index in [0.717, 1.165) is 0 Å². The normalized spacial score (nSPS) is 18.0. The van der Waals surface area contributed by atoms with Crippen LogP contribution in [0.25, 0.3) is 0 Å². The van der Waals surface area contributed by atoms with Crippen LogP contribution in [0.2, 0.25) is 0 Å². The molecular formula is C14H19NO4. The van der Waals surface area contributed by atoms with Crippen LogP contribution >= 0.6 is 0 Å². The largest absolute Gasteiger partial charge is 0.495 e. The zero-order chi connectivity index (χ0) is 13.7. The van der Waals surface area contributed by atoms with Crippen LogP contribution in [0, 0.1) is 0 Å². The molecule has 0 bridgehead atoms.